The molecule has 4 nitrogen and oxygen atoms in total. The molecule has 0 fully saturated rings. The fraction of sp³-hybridized carbons (Fsp3) is 0.316. The summed E-state index contributed by atoms with van der Waals surface area (Å²) in [6.45, 7) is 1.01. The van der Waals surface area contributed by atoms with Crippen LogP contribution in [0, 0.1) is 0 Å². The largest absolute Gasteiger partial charge is 0.497 e. The number of amides is 1. The number of benzene rings is 2. The third-order valence-corrected chi connectivity index (χ3v) is 3.70. The Balaban J connectivity index is 2.21. The molecule has 23 heavy (non-hydrogen) atoms. The Bertz CT molecular complexity index is 613. The predicted octanol–water partition coefficient (Wildman–Crippen LogP) is 2.78. The van der Waals surface area contributed by atoms with E-state index in [1.165, 1.54) is 0 Å². The molecule has 4 heteroatoms. The quantitative estimate of drug-likeness (QED) is 0.762. The Kier molecular flexibility index (Phi) is 6.63. The summed E-state index contributed by atoms with van der Waals surface area (Å²) in [5.41, 5.74) is 2.07. The Morgan fingerprint density at radius 2 is 1.87 bits per heavy atom. The van der Waals surface area contributed by atoms with E-state index in [1.807, 2.05) is 54.6 Å². The molecule has 0 aliphatic rings. The van der Waals surface area contributed by atoms with E-state index >= 15 is 0 Å². The van der Waals surface area contributed by atoms with Crippen LogP contribution in [-0.4, -0.2) is 33.3 Å². The van der Waals surface area contributed by atoms with Crippen molar-refractivity contribution in [2.75, 3.05) is 27.4 Å². The number of hydrogen-bond donors (Lipinski definition) is 1. The third-order valence-electron chi connectivity index (χ3n) is 3.70. The smallest absolute Gasteiger partial charge is 0.227 e. The Morgan fingerprint density at radius 1 is 1.09 bits per heavy atom. The Morgan fingerprint density at radius 3 is 2.57 bits per heavy atom. The first-order valence-corrected chi connectivity index (χ1v) is 7.69. The fourth-order valence-electron chi connectivity index (χ4n) is 2.47. The maximum absolute atomic E-state index is 12.6. The molecule has 0 heterocycles. The molecule has 0 saturated heterocycles. The first-order chi connectivity index (χ1) is 11.2. The van der Waals surface area contributed by atoms with Gasteiger partial charge in [-0.2, -0.15) is 0 Å². The summed E-state index contributed by atoms with van der Waals surface area (Å²) in [5.74, 6) is 0.494. The van der Waals surface area contributed by atoms with Crippen molar-refractivity contribution in [1.82, 2.24) is 5.32 Å². The summed E-state index contributed by atoms with van der Waals surface area (Å²) in [6.07, 6.45) is 0.646. The summed E-state index contributed by atoms with van der Waals surface area (Å²) in [6, 6.07) is 17.7. The number of rotatable bonds is 8. The lowest BCUT2D eigenvalue weighted by atomic mass is 9.91. The van der Waals surface area contributed by atoms with Crippen LogP contribution < -0.4 is 10.1 Å². The molecular weight excluding hydrogens is 290 g/mol. The standard InChI is InChI=1S/C19H23NO3/c1-22-12-11-20-19(21)18(13-15-7-4-3-5-8-15)16-9-6-10-17(14-16)23-2/h3-10,14,18H,11-13H2,1-2H3,(H,20,21). The summed E-state index contributed by atoms with van der Waals surface area (Å²) < 4.78 is 10.3. The molecule has 1 N–H and O–H groups in total. The monoisotopic (exact) mass is 313 g/mol. The Hall–Kier alpha value is -2.33. The lowest BCUT2D eigenvalue weighted by Gasteiger charge is -2.18. The number of carbonyl (C=O) groups excluding carboxylic acids is 1. The van der Waals surface area contributed by atoms with E-state index in [4.69, 9.17) is 9.47 Å². The van der Waals surface area contributed by atoms with Gasteiger partial charge < -0.3 is 14.8 Å². The lowest BCUT2D eigenvalue weighted by Crippen LogP contribution is -2.33. The average molecular weight is 313 g/mol. The molecule has 0 saturated carbocycles. The molecule has 1 amide bonds. The van der Waals surface area contributed by atoms with Gasteiger partial charge in [0.05, 0.1) is 19.6 Å². The highest BCUT2D eigenvalue weighted by Gasteiger charge is 2.21. The van der Waals surface area contributed by atoms with Gasteiger partial charge in [0, 0.05) is 13.7 Å². The molecule has 122 valence electrons. The predicted molar refractivity (Wildman–Crippen MR) is 90.8 cm³/mol. The summed E-state index contributed by atoms with van der Waals surface area (Å²) in [4.78, 5) is 12.6. The summed E-state index contributed by atoms with van der Waals surface area (Å²) in [5, 5.41) is 2.94. The second-order valence-electron chi connectivity index (χ2n) is 5.30. The van der Waals surface area contributed by atoms with Crippen LogP contribution in [0.1, 0.15) is 17.0 Å². The Labute approximate surface area is 137 Å². The minimum absolute atomic E-state index is 0.000781. The van der Waals surface area contributed by atoms with E-state index in [2.05, 4.69) is 5.32 Å². The van der Waals surface area contributed by atoms with E-state index in [1.54, 1.807) is 14.2 Å². The first kappa shape index (κ1) is 17.0. The van der Waals surface area contributed by atoms with Crippen LogP contribution in [0.2, 0.25) is 0 Å². The van der Waals surface area contributed by atoms with E-state index in [9.17, 15) is 4.79 Å². The number of carbonyl (C=O) groups is 1. The molecule has 0 aliphatic heterocycles. The van der Waals surface area contributed by atoms with Gasteiger partial charge in [0.2, 0.25) is 5.91 Å². The molecule has 0 spiro atoms. The highest BCUT2D eigenvalue weighted by Crippen LogP contribution is 2.24. The molecule has 1 atom stereocenters. The van der Waals surface area contributed by atoms with E-state index in [-0.39, 0.29) is 11.8 Å². The van der Waals surface area contributed by atoms with Crippen LogP contribution in [0.4, 0.5) is 0 Å². The van der Waals surface area contributed by atoms with Gasteiger partial charge in [-0.25, -0.2) is 0 Å². The second kappa shape index (κ2) is 8.96. The van der Waals surface area contributed by atoms with Gasteiger partial charge in [-0.05, 0) is 29.7 Å². The van der Waals surface area contributed by atoms with Crippen LogP contribution >= 0.6 is 0 Å². The van der Waals surface area contributed by atoms with Crippen molar-refractivity contribution in [1.29, 1.82) is 0 Å². The van der Waals surface area contributed by atoms with Crippen molar-refractivity contribution in [3.63, 3.8) is 0 Å². The first-order valence-electron chi connectivity index (χ1n) is 7.69. The van der Waals surface area contributed by atoms with Crippen molar-refractivity contribution >= 4 is 5.91 Å². The van der Waals surface area contributed by atoms with Crippen LogP contribution in [-0.2, 0) is 16.0 Å². The number of ether oxygens (including phenoxy) is 2. The van der Waals surface area contributed by atoms with Crippen molar-refractivity contribution in [2.45, 2.75) is 12.3 Å². The van der Waals surface area contributed by atoms with Gasteiger partial charge in [0.1, 0.15) is 5.75 Å². The summed E-state index contributed by atoms with van der Waals surface area (Å²) in [7, 11) is 3.25. The molecule has 0 radical (unpaired) electrons. The van der Waals surface area contributed by atoms with E-state index in [0.717, 1.165) is 16.9 Å². The van der Waals surface area contributed by atoms with Gasteiger partial charge in [-0.3, -0.25) is 4.79 Å². The van der Waals surface area contributed by atoms with Crippen molar-refractivity contribution in [3.8, 4) is 5.75 Å². The number of methoxy groups -OCH3 is 2. The zero-order valence-electron chi connectivity index (χ0n) is 13.6. The fourth-order valence-corrected chi connectivity index (χ4v) is 2.47. The zero-order chi connectivity index (χ0) is 16.5. The van der Waals surface area contributed by atoms with Crippen LogP contribution in [0.5, 0.6) is 5.75 Å². The number of nitrogens with one attached hydrogen (secondary N) is 1. The lowest BCUT2D eigenvalue weighted by molar-refractivity contribution is -0.122. The van der Waals surface area contributed by atoms with Crippen molar-refractivity contribution < 1.29 is 14.3 Å². The van der Waals surface area contributed by atoms with E-state index in [0.29, 0.717) is 19.6 Å². The molecule has 0 bridgehead atoms. The molecular formula is C19H23NO3. The molecule has 2 aromatic carbocycles. The zero-order valence-corrected chi connectivity index (χ0v) is 13.6. The van der Waals surface area contributed by atoms with Gasteiger partial charge in [0.25, 0.3) is 0 Å². The summed E-state index contributed by atoms with van der Waals surface area (Å²) >= 11 is 0. The minimum Gasteiger partial charge on any atom is -0.497 e. The van der Waals surface area contributed by atoms with Crippen molar-refractivity contribution in [2.24, 2.45) is 0 Å². The van der Waals surface area contributed by atoms with Crippen LogP contribution in [0.15, 0.2) is 54.6 Å². The SMILES string of the molecule is COCCNC(=O)C(Cc1ccccc1)c1cccc(OC)c1. The van der Waals surface area contributed by atoms with E-state index < -0.39 is 0 Å². The van der Waals surface area contributed by atoms with Crippen LogP contribution in [0.3, 0.4) is 0 Å². The van der Waals surface area contributed by atoms with Gasteiger partial charge in [-0.15, -0.1) is 0 Å². The van der Waals surface area contributed by atoms with Crippen molar-refractivity contribution in [3.05, 3.63) is 65.7 Å². The maximum atomic E-state index is 12.6. The highest BCUT2D eigenvalue weighted by atomic mass is 16.5. The highest BCUT2D eigenvalue weighted by molar-refractivity contribution is 5.84. The van der Waals surface area contributed by atoms with Gasteiger partial charge in [-0.1, -0.05) is 42.5 Å². The molecule has 0 aliphatic carbocycles. The average Bonchev–Trinajstić information content (AvgIpc) is 2.60. The normalized spacial score (nSPS) is 11.7. The molecule has 2 aromatic rings. The third kappa shape index (κ3) is 5.11. The van der Waals surface area contributed by atoms with Gasteiger partial charge >= 0.3 is 0 Å². The topological polar surface area (TPSA) is 47.6 Å². The van der Waals surface area contributed by atoms with Crippen LogP contribution in [0.25, 0.3) is 0 Å². The maximum Gasteiger partial charge on any atom is 0.227 e. The van der Waals surface area contributed by atoms with Gasteiger partial charge in [0.15, 0.2) is 0 Å². The minimum atomic E-state index is -0.260. The molecule has 0 aromatic heterocycles. The second-order valence-corrected chi connectivity index (χ2v) is 5.30. The molecule has 1 unspecified atom stereocenters. The molecule has 2 rings (SSSR count). The number of hydrogen-bond acceptors (Lipinski definition) is 3.